The van der Waals surface area contributed by atoms with Crippen LogP contribution < -0.4 is 10.6 Å². The minimum absolute atomic E-state index is 0. The summed E-state index contributed by atoms with van der Waals surface area (Å²) in [6.45, 7) is 9.13. The van der Waals surface area contributed by atoms with Gasteiger partial charge in [-0.25, -0.2) is 0 Å². The van der Waals surface area contributed by atoms with Crippen molar-refractivity contribution in [1.29, 1.82) is 0 Å². The van der Waals surface area contributed by atoms with Crippen LogP contribution in [0.4, 0.5) is 0 Å². The molecule has 1 aliphatic heterocycles. The molecule has 4 unspecified atom stereocenters. The Labute approximate surface area is 180 Å². The lowest BCUT2D eigenvalue weighted by atomic mass is 9.57. The number of hydrogen-bond acceptors (Lipinski definition) is 3. The van der Waals surface area contributed by atoms with Gasteiger partial charge in [-0.15, -0.1) is 24.0 Å². The van der Waals surface area contributed by atoms with E-state index in [9.17, 15) is 0 Å². The highest BCUT2D eigenvalue weighted by Crippen LogP contribution is 2.52. The van der Waals surface area contributed by atoms with Crippen LogP contribution in [0.15, 0.2) is 35.3 Å². The third kappa shape index (κ3) is 5.15. The standard InChI is InChI=1S/C21H33N3O2.HI/c1-15(16-9-6-5-7-10-16)25-13-8-12-23-20(22-4)24-18-17-11-14-26-19(17)21(18,2)3;/h5-7,9-10,15,17-19H,8,11-14H2,1-4H3,(H2,22,23,24);1H. The summed E-state index contributed by atoms with van der Waals surface area (Å²) in [6.07, 6.45) is 2.62. The molecule has 1 saturated heterocycles. The Morgan fingerprint density at radius 1 is 1.33 bits per heavy atom. The zero-order chi connectivity index (χ0) is 18.6. The highest BCUT2D eigenvalue weighted by Gasteiger charge is 2.59. The maximum Gasteiger partial charge on any atom is 0.191 e. The van der Waals surface area contributed by atoms with E-state index < -0.39 is 0 Å². The minimum atomic E-state index is 0. The van der Waals surface area contributed by atoms with E-state index in [1.807, 2.05) is 25.2 Å². The lowest BCUT2D eigenvalue weighted by Gasteiger charge is -2.54. The Balaban J connectivity index is 0.00000261. The Hall–Kier alpha value is -0.860. The fourth-order valence-electron chi connectivity index (χ4n) is 4.32. The van der Waals surface area contributed by atoms with Crippen LogP contribution in [0.5, 0.6) is 0 Å². The molecule has 2 N–H and O–H groups in total. The summed E-state index contributed by atoms with van der Waals surface area (Å²) in [5.41, 5.74) is 1.38. The van der Waals surface area contributed by atoms with E-state index in [0.29, 0.717) is 18.1 Å². The molecule has 2 aliphatic rings. The van der Waals surface area contributed by atoms with Crippen LogP contribution >= 0.6 is 24.0 Å². The zero-order valence-electron chi connectivity index (χ0n) is 16.9. The smallest absolute Gasteiger partial charge is 0.191 e. The minimum Gasteiger partial charge on any atom is -0.377 e. The van der Waals surface area contributed by atoms with Gasteiger partial charge in [0, 0.05) is 44.2 Å². The molecule has 0 bridgehead atoms. The van der Waals surface area contributed by atoms with E-state index in [2.05, 4.69) is 48.5 Å². The van der Waals surface area contributed by atoms with Crippen molar-refractivity contribution in [2.24, 2.45) is 16.3 Å². The third-order valence-electron chi connectivity index (χ3n) is 5.87. The van der Waals surface area contributed by atoms with Gasteiger partial charge in [0.25, 0.3) is 0 Å². The fourth-order valence-corrected chi connectivity index (χ4v) is 4.32. The number of nitrogens with one attached hydrogen (secondary N) is 2. The van der Waals surface area contributed by atoms with E-state index in [1.54, 1.807) is 0 Å². The van der Waals surface area contributed by atoms with Crippen molar-refractivity contribution in [3.05, 3.63) is 35.9 Å². The molecule has 27 heavy (non-hydrogen) atoms. The van der Waals surface area contributed by atoms with Crippen LogP contribution in [0.1, 0.15) is 45.3 Å². The maximum atomic E-state index is 5.93. The molecule has 0 aromatic heterocycles. The number of fused-ring (bicyclic) bond motifs is 1. The predicted molar refractivity (Wildman–Crippen MR) is 121 cm³/mol. The summed E-state index contributed by atoms with van der Waals surface area (Å²) in [4.78, 5) is 4.38. The van der Waals surface area contributed by atoms with Gasteiger partial charge in [0.1, 0.15) is 0 Å². The van der Waals surface area contributed by atoms with Crippen LogP contribution in [0.3, 0.4) is 0 Å². The van der Waals surface area contributed by atoms with Gasteiger partial charge in [-0.1, -0.05) is 44.2 Å². The molecule has 1 saturated carbocycles. The largest absolute Gasteiger partial charge is 0.377 e. The molecular weight excluding hydrogens is 453 g/mol. The van der Waals surface area contributed by atoms with Gasteiger partial charge in [-0.3, -0.25) is 4.99 Å². The van der Waals surface area contributed by atoms with Crippen molar-refractivity contribution in [3.8, 4) is 0 Å². The molecular formula is C21H34IN3O2. The number of ether oxygens (including phenoxy) is 2. The first-order valence-electron chi connectivity index (χ1n) is 9.79. The molecule has 0 spiro atoms. The van der Waals surface area contributed by atoms with Crippen molar-refractivity contribution in [2.45, 2.75) is 51.9 Å². The Bertz CT molecular complexity index is 609. The molecule has 2 fully saturated rings. The number of rotatable bonds is 7. The summed E-state index contributed by atoms with van der Waals surface area (Å²) >= 11 is 0. The van der Waals surface area contributed by atoms with E-state index >= 15 is 0 Å². The zero-order valence-corrected chi connectivity index (χ0v) is 19.2. The van der Waals surface area contributed by atoms with Gasteiger partial charge >= 0.3 is 0 Å². The van der Waals surface area contributed by atoms with Crippen molar-refractivity contribution in [2.75, 3.05) is 26.8 Å². The molecule has 3 rings (SSSR count). The van der Waals surface area contributed by atoms with Crippen molar-refractivity contribution in [1.82, 2.24) is 10.6 Å². The Morgan fingerprint density at radius 3 is 2.78 bits per heavy atom. The number of aliphatic imine (C=N–C) groups is 1. The predicted octanol–water partition coefficient (Wildman–Crippen LogP) is 3.75. The molecule has 0 amide bonds. The average Bonchev–Trinajstić information content (AvgIpc) is 3.11. The van der Waals surface area contributed by atoms with Gasteiger partial charge < -0.3 is 20.1 Å². The number of nitrogens with zero attached hydrogens (tertiary/aromatic N) is 1. The summed E-state index contributed by atoms with van der Waals surface area (Å²) in [6, 6.07) is 10.8. The summed E-state index contributed by atoms with van der Waals surface area (Å²) in [5.74, 6) is 1.49. The number of halogens is 1. The highest BCUT2D eigenvalue weighted by atomic mass is 127. The van der Waals surface area contributed by atoms with E-state index in [4.69, 9.17) is 9.47 Å². The highest BCUT2D eigenvalue weighted by molar-refractivity contribution is 14.0. The molecule has 0 radical (unpaired) electrons. The molecule has 6 heteroatoms. The van der Waals surface area contributed by atoms with Crippen molar-refractivity contribution >= 4 is 29.9 Å². The maximum absolute atomic E-state index is 5.93. The van der Waals surface area contributed by atoms with E-state index in [0.717, 1.165) is 38.6 Å². The second-order valence-corrected chi connectivity index (χ2v) is 7.96. The average molecular weight is 487 g/mol. The van der Waals surface area contributed by atoms with Crippen LogP contribution in [0, 0.1) is 11.3 Å². The molecule has 1 aliphatic carbocycles. The normalized spacial score (nSPS) is 27.1. The summed E-state index contributed by atoms with van der Waals surface area (Å²) in [7, 11) is 1.83. The SMILES string of the molecule is CN=C(NCCCOC(C)c1ccccc1)NC1C2CCOC2C1(C)C.I. The fraction of sp³-hybridized carbons (Fsp3) is 0.667. The Morgan fingerprint density at radius 2 is 2.07 bits per heavy atom. The van der Waals surface area contributed by atoms with Crippen LogP contribution in [-0.4, -0.2) is 44.9 Å². The molecule has 4 atom stereocenters. The lowest BCUT2D eigenvalue weighted by molar-refractivity contribution is -0.106. The Kier molecular flexibility index (Phi) is 8.37. The quantitative estimate of drug-likeness (QED) is 0.266. The molecule has 5 nitrogen and oxygen atoms in total. The first-order valence-corrected chi connectivity index (χ1v) is 9.79. The molecule has 1 heterocycles. The first-order chi connectivity index (χ1) is 12.5. The molecule has 152 valence electrons. The second-order valence-electron chi connectivity index (χ2n) is 7.96. The van der Waals surface area contributed by atoms with Crippen LogP contribution in [0.2, 0.25) is 0 Å². The van der Waals surface area contributed by atoms with Crippen molar-refractivity contribution in [3.63, 3.8) is 0 Å². The van der Waals surface area contributed by atoms with E-state index in [-0.39, 0.29) is 35.5 Å². The van der Waals surface area contributed by atoms with Crippen LogP contribution in [0.25, 0.3) is 0 Å². The third-order valence-corrected chi connectivity index (χ3v) is 5.87. The van der Waals surface area contributed by atoms with E-state index in [1.165, 1.54) is 5.56 Å². The monoisotopic (exact) mass is 487 g/mol. The van der Waals surface area contributed by atoms with Gasteiger partial charge in [0.15, 0.2) is 5.96 Å². The van der Waals surface area contributed by atoms with Gasteiger partial charge in [0.05, 0.1) is 12.2 Å². The second kappa shape index (κ2) is 10.1. The number of hydrogen-bond donors (Lipinski definition) is 2. The summed E-state index contributed by atoms with van der Waals surface area (Å²) < 4.78 is 11.8. The van der Waals surface area contributed by atoms with Gasteiger partial charge in [-0.2, -0.15) is 0 Å². The van der Waals surface area contributed by atoms with Crippen LogP contribution in [-0.2, 0) is 9.47 Å². The van der Waals surface area contributed by atoms with Gasteiger partial charge in [-0.05, 0) is 25.3 Å². The number of guanidine groups is 1. The number of benzene rings is 1. The van der Waals surface area contributed by atoms with Crippen molar-refractivity contribution < 1.29 is 9.47 Å². The first kappa shape index (κ1) is 22.4. The molecule has 1 aromatic carbocycles. The van der Waals surface area contributed by atoms with Gasteiger partial charge in [0.2, 0.25) is 0 Å². The lowest BCUT2D eigenvalue weighted by Crippen LogP contribution is -2.68. The topological polar surface area (TPSA) is 54.9 Å². The molecule has 1 aromatic rings. The summed E-state index contributed by atoms with van der Waals surface area (Å²) in [5, 5.41) is 7.03.